The molecule has 1 aliphatic heterocycles. The number of hydrogen-bond acceptors (Lipinski definition) is 4. The average molecular weight is 234 g/mol. The molecular formula is C13H22N4. The summed E-state index contributed by atoms with van der Waals surface area (Å²) >= 11 is 0. The van der Waals surface area contributed by atoms with Gasteiger partial charge in [-0.2, -0.15) is 0 Å². The van der Waals surface area contributed by atoms with Gasteiger partial charge in [0.2, 0.25) is 0 Å². The van der Waals surface area contributed by atoms with Gasteiger partial charge in [0.1, 0.15) is 0 Å². The van der Waals surface area contributed by atoms with Crippen molar-refractivity contribution < 1.29 is 0 Å². The minimum atomic E-state index is 0.593. The molecule has 1 fully saturated rings. The summed E-state index contributed by atoms with van der Waals surface area (Å²) in [5.41, 5.74) is 1.24. The van der Waals surface area contributed by atoms with Crippen molar-refractivity contribution in [2.75, 3.05) is 44.7 Å². The highest BCUT2D eigenvalue weighted by Gasteiger charge is 2.17. The van der Waals surface area contributed by atoms with Gasteiger partial charge in [-0.25, -0.2) is 0 Å². The molecule has 0 aliphatic carbocycles. The fourth-order valence-electron chi connectivity index (χ4n) is 2.34. The zero-order chi connectivity index (χ0) is 12.1. The van der Waals surface area contributed by atoms with Gasteiger partial charge >= 0.3 is 0 Å². The van der Waals surface area contributed by atoms with Crippen LogP contribution in [0.15, 0.2) is 24.5 Å². The van der Waals surface area contributed by atoms with Crippen LogP contribution in [0.1, 0.15) is 6.92 Å². The second-order valence-electron chi connectivity index (χ2n) is 4.72. The van der Waals surface area contributed by atoms with Crippen LogP contribution in [0.3, 0.4) is 0 Å². The minimum Gasteiger partial charge on any atom is -0.373 e. The molecule has 4 nitrogen and oxygen atoms in total. The Morgan fingerprint density at radius 2 is 2.00 bits per heavy atom. The molecule has 0 saturated carbocycles. The molecule has 4 heteroatoms. The Bertz CT molecular complexity index is 321. The third kappa shape index (κ3) is 3.41. The summed E-state index contributed by atoms with van der Waals surface area (Å²) in [5, 5.41) is 3.39. The van der Waals surface area contributed by atoms with E-state index in [1.807, 2.05) is 12.4 Å². The number of rotatable bonds is 4. The Labute approximate surface area is 104 Å². The molecule has 1 saturated heterocycles. The maximum Gasteiger partial charge on any atom is 0.0395 e. The zero-order valence-corrected chi connectivity index (χ0v) is 10.8. The van der Waals surface area contributed by atoms with E-state index in [1.54, 1.807) is 0 Å². The van der Waals surface area contributed by atoms with Crippen molar-refractivity contribution >= 4 is 5.69 Å². The quantitative estimate of drug-likeness (QED) is 0.835. The zero-order valence-electron chi connectivity index (χ0n) is 10.8. The average Bonchev–Trinajstić information content (AvgIpc) is 2.40. The molecule has 0 aromatic carbocycles. The summed E-state index contributed by atoms with van der Waals surface area (Å²) in [5.74, 6) is 0. The van der Waals surface area contributed by atoms with Crippen molar-refractivity contribution in [2.45, 2.75) is 13.0 Å². The van der Waals surface area contributed by atoms with E-state index in [1.165, 1.54) is 5.69 Å². The maximum absolute atomic E-state index is 4.05. The SMILES string of the molecule is CC(CN(C)c1ccncc1)N1CCNCC1. The van der Waals surface area contributed by atoms with Crippen molar-refractivity contribution in [3.63, 3.8) is 0 Å². The van der Waals surface area contributed by atoms with Crippen molar-refractivity contribution in [1.82, 2.24) is 15.2 Å². The first kappa shape index (κ1) is 12.3. The molecule has 0 spiro atoms. The second-order valence-corrected chi connectivity index (χ2v) is 4.72. The molecule has 1 N–H and O–H groups in total. The lowest BCUT2D eigenvalue weighted by atomic mass is 10.2. The fourth-order valence-corrected chi connectivity index (χ4v) is 2.34. The van der Waals surface area contributed by atoms with Crippen LogP contribution in [-0.4, -0.2) is 55.7 Å². The van der Waals surface area contributed by atoms with Gasteiger partial charge in [-0.3, -0.25) is 9.88 Å². The van der Waals surface area contributed by atoms with Crippen molar-refractivity contribution in [3.05, 3.63) is 24.5 Å². The van der Waals surface area contributed by atoms with E-state index < -0.39 is 0 Å². The summed E-state index contributed by atoms with van der Waals surface area (Å²) in [6.07, 6.45) is 3.70. The van der Waals surface area contributed by atoms with Crippen LogP contribution in [0.25, 0.3) is 0 Å². The smallest absolute Gasteiger partial charge is 0.0395 e. The Kier molecular flexibility index (Phi) is 4.34. The molecule has 0 radical (unpaired) electrons. The van der Waals surface area contributed by atoms with Gasteiger partial charge in [0.05, 0.1) is 0 Å². The summed E-state index contributed by atoms with van der Waals surface area (Å²) < 4.78 is 0. The molecule has 1 unspecified atom stereocenters. The van der Waals surface area contributed by atoms with Crippen LogP contribution in [0.4, 0.5) is 5.69 Å². The third-order valence-corrected chi connectivity index (χ3v) is 3.42. The van der Waals surface area contributed by atoms with Crippen LogP contribution in [0.2, 0.25) is 0 Å². The molecule has 1 aliphatic rings. The number of nitrogens with one attached hydrogen (secondary N) is 1. The standard InChI is InChI=1S/C13H22N4/c1-12(17-9-7-15-8-10-17)11-16(2)13-3-5-14-6-4-13/h3-6,12,15H,7-11H2,1-2H3. The lowest BCUT2D eigenvalue weighted by Crippen LogP contribution is -2.50. The van der Waals surface area contributed by atoms with Crippen LogP contribution < -0.4 is 10.2 Å². The van der Waals surface area contributed by atoms with Gasteiger partial charge in [-0.05, 0) is 19.1 Å². The van der Waals surface area contributed by atoms with Crippen molar-refractivity contribution in [2.24, 2.45) is 0 Å². The maximum atomic E-state index is 4.05. The van der Waals surface area contributed by atoms with E-state index in [0.29, 0.717) is 6.04 Å². The summed E-state index contributed by atoms with van der Waals surface area (Å²) in [6, 6.07) is 4.71. The number of piperazine rings is 1. The Morgan fingerprint density at radius 1 is 1.35 bits per heavy atom. The van der Waals surface area contributed by atoms with E-state index in [0.717, 1.165) is 32.7 Å². The number of anilines is 1. The first-order valence-electron chi connectivity index (χ1n) is 6.33. The van der Waals surface area contributed by atoms with E-state index in [-0.39, 0.29) is 0 Å². The lowest BCUT2D eigenvalue weighted by molar-refractivity contribution is 0.187. The van der Waals surface area contributed by atoms with Gasteiger partial charge in [-0.1, -0.05) is 0 Å². The highest BCUT2D eigenvalue weighted by Crippen LogP contribution is 2.12. The van der Waals surface area contributed by atoms with E-state index in [9.17, 15) is 0 Å². The fraction of sp³-hybridized carbons (Fsp3) is 0.615. The van der Waals surface area contributed by atoms with Crippen molar-refractivity contribution in [3.8, 4) is 0 Å². The van der Waals surface area contributed by atoms with E-state index in [4.69, 9.17) is 0 Å². The van der Waals surface area contributed by atoms with Crippen LogP contribution in [0.5, 0.6) is 0 Å². The Balaban J connectivity index is 1.87. The monoisotopic (exact) mass is 234 g/mol. The van der Waals surface area contributed by atoms with Gasteiger partial charge in [0.25, 0.3) is 0 Å². The minimum absolute atomic E-state index is 0.593. The number of hydrogen-bond donors (Lipinski definition) is 1. The molecule has 0 amide bonds. The van der Waals surface area contributed by atoms with Gasteiger partial charge in [0.15, 0.2) is 0 Å². The Morgan fingerprint density at radius 3 is 2.65 bits per heavy atom. The van der Waals surface area contributed by atoms with Crippen molar-refractivity contribution in [1.29, 1.82) is 0 Å². The molecule has 1 atom stereocenters. The molecule has 2 heterocycles. The molecular weight excluding hydrogens is 212 g/mol. The van der Waals surface area contributed by atoms with Crippen LogP contribution in [0, 0.1) is 0 Å². The van der Waals surface area contributed by atoms with E-state index >= 15 is 0 Å². The van der Waals surface area contributed by atoms with Gasteiger partial charge < -0.3 is 10.2 Å². The number of aromatic nitrogens is 1. The molecule has 1 aromatic heterocycles. The van der Waals surface area contributed by atoms with E-state index in [2.05, 4.69) is 46.2 Å². The summed E-state index contributed by atoms with van der Waals surface area (Å²) in [7, 11) is 2.15. The highest BCUT2D eigenvalue weighted by molar-refractivity contribution is 5.43. The number of nitrogens with zero attached hydrogens (tertiary/aromatic N) is 3. The summed E-state index contributed by atoms with van der Waals surface area (Å²) in [4.78, 5) is 8.90. The second kappa shape index (κ2) is 5.98. The highest BCUT2D eigenvalue weighted by atomic mass is 15.2. The van der Waals surface area contributed by atoms with Crippen LogP contribution in [-0.2, 0) is 0 Å². The predicted molar refractivity (Wildman–Crippen MR) is 71.4 cm³/mol. The molecule has 1 aromatic rings. The normalized spacial score (nSPS) is 18.9. The topological polar surface area (TPSA) is 31.4 Å². The van der Waals surface area contributed by atoms with Gasteiger partial charge in [-0.15, -0.1) is 0 Å². The number of pyridine rings is 1. The first-order chi connectivity index (χ1) is 8.27. The molecule has 94 valence electrons. The first-order valence-corrected chi connectivity index (χ1v) is 6.33. The summed E-state index contributed by atoms with van der Waals surface area (Å²) in [6.45, 7) is 7.91. The molecule has 0 bridgehead atoms. The Hall–Kier alpha value is -1.13. The molecule has 17 heavy (non-hydrogen) atoms. The predicted octanol–water partition coefficient (Wildman–Crippen LogP) is 0.811. The van der Waals surface area contributed by atoms with Crippen LogP contribution >= 0.6 is 0 Å². The lowest BCUT2D eigenvalue weighted by Gasteiger charge is -2.35. The van der Waals surface area contributed by atoms with Gasteiger partial charge in [0, 0.05) is 63.9 Å². The largest absolute Gasteiger partial charge is 0.373 e. The third-order valence-electron chi connectivity index (χ3n) is 3.42. The number of likely N-dealkylation sites (N-methyl/N-ethyl adjacent to an activating group) is 1. The molecule has 2 rings (SSSR count).